The molecule has 1 amide bonds. The van der Waals surface area contributed by atoms with Crippen molar-refractivity contribution in [2.75, 3.05) is 17.2 Å². The molecule has 3 nitrogen and oxygen atoms in total. The van der Waals surface area contributed by atoms with Crippen LogP contribution in [0.5, 0.6) is 0 Å². The first-order valence-corrected chi connectivity index (χ1v) is 6.66. The lowest BCUT2D eigenvalue weighted by Crippen LogP contribution is -2.33. The summed E-state index contributed by atoms with van der Waals surface area (Å²) in [7, 11) is 0. The van der Waals surface area contributed by atoms with Crippen LogP contribution in [0.25, 0.3) is 0 Å². The highest BCUT2D eigenvalue weighted by molar-refractivity contribution is 6.07. The van der Waals surface area contributed by atoms with Crippen molar-refractivity contribution in [2.45, 2.75) is 13.3 Å². The molecule has 2 aromatic rings. The Morgan fingerprint density at radius 3 is 2.57 bits per heavy atom. The average molecular weight is 290 g/mol. The van der Waals surface area contributed by atoms with Crippen LogP contribution in [0.4, 0.5) is 20.2 Å². The van der Waals surface area contributed by atoms with E-state index in [1.165, 1.54) is 4.90 Å². The Morgan fingerprint density at radius 1 is 1.19 bits per heavy atom. The minimum atomic E-state index is -0.753. The third kappa shape index (κ3) is 3.18. The summed E-state index contributed by atoms with van der Waals surface area (Å²) in [6.07, 6.45) is 0.664. The highest BCUT2D eigenvalue weighted by Crippen LogP contribution is 2.25. The first kappa shape index (κ1) is 15.0. The van der Waals surface area contributed by atoms with Crippen LogP contribution in [-0.4, -0.2) is 12.5 Å². The van der Waals surface area contributed by atoms with E-state index in [1.807, 2.05) is 6.92 Å². The van der Waals surface area contributed by atoms with Gasteiger partial charge in [-0.1, -0.05) is 19.1 Å². The normalized spacial score (nSPS) is 10.4. The second kappa shape index (κ2) is 6.35. The van der Waals surface area contributed by atoms with E-state index in [2.05, 4.69) is 0 Å². The lowest BCUT2D eigenvalue weighted by Gasteiger charge is -2.24. The molecule has 0 heterocycles. The molecule has 21 heavy (non-hydrogen) atoms. The Kier molecular flexibility index (Phi) is 4.52. The maximum Gasteiger partial charge on any atom is 0.261 e. The van der Waals surface area contributed by atoms with E-state index in [0.29, 0.717) is 24.3 Å². The van der Waals surface area contributed by atoms with E-state index < -0.39 is 17.5 Å². The lowest BCUT2D eigenvalue weighted by atomic mass is 10.1. The molecule has 0 aliphatic rings. The summed E-state index contributed by atoms with van der Waals surface area (Å²) < 4.78 is 27.1. The molecule has 0 aliphatic heterocycles. The molecule has 2 rings (SSSR count). The second-order valence-electron chi connectivity index (χ2n) is 4.64. The quantitative estimate of drug-likeness (QED) is 0.874. The molecule has 0 bridgehead atoms. The predicted molar refractivity (Wildman–Crippen MR) is 79.2 cm³/mol. The van der Waals surface area contributed by atoms with Crippen molar-refractivity contribution in [3.05, 3.63) is 59.7 Å². The minimum absolute atomic E-state index is 0.299. The molecule has 0 saturated heterocycles. The standard InChI is InChI=1S/C16H16F2N2O/c1-2-9-20(15-6-4-3-5-14(15)19)16(21)12-10-11(17)7-8-13(12)18/h3-8,10H,2,9,19H2,1H3. The molecule has 0 unspecified atom stereocenters. The largest absolute Gasteiger partial charge is 0.397 e. The van der Waals surface area contributed by atoms with Gasteiger partial charge in [0.1, 0.15) is 11.6 Å². The number of nitrogens with two attached hydrogens (primary N) is 1. The molecule has 110 valence electrons. The van der Waals surface area contributed by atoms with Crippen molar-refractivity contribution in [3.8, 4) is 0 Å². The summed E-state index contributed by atoms with van der Waals surface area (Å²) in [4.78, 5) is 13.9. The van der Waals surface area contributed by atoms with Crippen molar-refractivity contribution in [1.29, 1.82) is 0 Å². The summed E-state index contributed by atoms with van der Waals surface area (Å²) in [5.41, 5.74) is 6.48. The van der Waals surface area contributed by atoms with E-state index in [-0.39, 0.29) is 5.56 Å². The summed E-state index contributed by atoms with van der Waals surface area (Å²) >= 11 is 0. The number of nitrogens with zero attached hydrogens (tertiary/aromatic N) is 1. The van der Waals surface area contributed by atoms with Gasteiger partial charge in [-0.05, 0) is 36.8 Å². The number of anilines is 2. The summed E-state index contributed by atoms with van der Waals surface area (Å²) in [5, 5.41) is 0. The van der Waals surface area contributed by atoms with Gasteiger partial charge >= 0.3 is 0 Å². The van der Waals surface area contributed by atoms with Crippen molar-refractivity contribution in [2.24, 2.45) is 0 Å². The number of carbonyl (C=O) groups excluding carboxylic acids is 1. The van der Waals surface area contributed by atoms with Gasteiger partial charge in [-0.2, -0.15) is 0 Å². The number of benzene rings is 2. The van der Waals surface area contributed by atoms with Crippen LogP contribution < -0.4 is 10.6 Å². The van der Waals surface area contributed by atoms with Gasteiger partial charge in [0.25, 0.3) is 5.91 Å². The average Bonchev–Trinajstić information content (AvgIpc) is 2.47. The lowest BCUT2D eigenvalue weighted by molar-refractivity contribution is 0.0982. The number of halogens is 2. The highest BCUT2D eigenvalue weighted by Gasteiger charge is 2.22. The van der Waals surface area contributed by atoms with E-state index in [4.69, 9.17) is 5.73 Å². The molecule has 0 fully saturated rings. The number of hydrogen-bond donors (Lipinski definition) is 1. The molecular formula is C16H16F2N2O. The zero-order chi connectivity index (χ0) is 15.4. The fraction of sp³-hybridized carbons (Fsp3) is 0.188. The third-order valence-corrected chi connectivity index (χ3v) is 3.08. The molecule has 0 atom stereocenters. The Morgan fingerprint density at radius 2 is 1.90 bits per heavy atom. The number of carbonyl (C=O) groups is 1. The Hall–Kier alpha value is -2.43. The highest BCUT2D eigenvalue weighted by atomic mass is 19.1. The predicted octanol–water partition coefficient (Wildman–Crippen LogP) is 3.60. The zero-order valence-electron chi connectivity index (χ0n) is 11.6. The first-order valence-electron chi connectivity index (χ1n) is 6.66. The molecule has 2 aromatic carbocycles. The zero-order valence-corrected chi connectivity index (χ0v) is 11.6. The van der Waals surface area contributed by atoms with Gasteiger partial charge in [0.05, 0.1) is 16.9 Å². The Bertz CT molecular complexity index is 658. The minimum Gasteiger partial charge on any atom is -0.397 e. The molecule has 0 saturated carbocycles. The SMILES string of the molecule is CCCN(C(=O)c1cc(F)ccc1F)c1ccccc1N. The Labute approximate surface area is 122 Å². The van der Waals surface area contributed by atoms with E-state index in [9.17, 15) is 13.6 Å². The molecular weight excluding hydrogens is 274 g/mol. The molecule has 0 spiro atoms. The number of amides is 1. The van der Waals surface area contributed by atoms with Gasteiger partial charge in [-0.15, -0.1) is 0 Å². The van der Waals surface area contributed by atoms with Crippen LogP contribution >= 0.6 is 0 Å². The van der Waals surface area contributed by atoms with Crippen molar-refractivity contribution < 1.29 is 13.6 Å². The Balaban J connectivity index is 2.45. The van der Waals surface area contributed by atoms with Gasteiger partial charge in [0.15, 0.2) is 0 Å². The summed E-state index contributed by atoms with van der Waals surface area (Å²) in [6, 6.07) is 9.65. The first-order chi connectivity index (χ1) is 10.0. The van der Waals surface area contributed by atoms with Crippen LogP contribution in [0.15, 0.2) is 42.5 Å². The maximum atomic E-state index is 13.8. The van der Waals surface area contributed by atoms with Gasteiger partial charge < -0.3 is 10.6 Å². The van der Waals surface area contributed by atoms with Crippen LogP contribution in [0.1, 0.15) is 23.7 Å². The van der Waals surface area contributed by atoms with Gasteiger partial charge in [0.2, 0.25) is 0 Å². The number of hydrogen-bond acceptors (Lipinski definition) is 2. The summed E-state index contributed by atoms with van der Waals surface area (Å²) in [5.74, 6) is -2.01. The molecule has 0 aliphatic carbocycles. The fourth-order valence-electron chi connectivity index (χ4n) is 2.10. The van der Waals surface area contributed by atoms with E-state index in [0.717, 1.165) is 18.2 Å². The number of rotatable bonds is 4. The van der Waals surface area contributed by atoms with E-state index >= 15 is 0 Å². The fourth-order valence-corrected chi connectivity index (χ4v) is 2.10. The number of nitrogen functional groups attached to an aromatic ring is 1. The topological polar surface area (TPSA) is 46.3 Å². The maximum absolute atomic E-state index is 13.8. The van der Waals surface area contributed by atoms with Gasteiger partial charge in [-0.3, -0.25) is 4.79 Å². The third-order valence-electron chi connectivity index (χ3n) is 3.08. The van der Waals surface area contributed by atoms with Gasteiger partial charge in [-0.25, -0.2) is 8.78 Å². The van der Waals surface area contributed by atoms with Crippen LogP contribution in [0, 0.1) is 11.6 Å². The van der Waals surface area contributed by atoms with Gasteiger partial charge in [0, 0.05) is 6.54 Å². The summed E-state index contributed by atoms with van der Waals surface area (Å²) in [6.45, 7) is 2.25. The monoisotopic (exact) mass is 290 g/mol. The van der Waals surface area contributed by atoms with Crippen molar-refractivity contribution in [3.63, 3.8) is 0 Å². The van der Waals surface area contributed by atoms with Crippen LogP contribution in [0.2, 0.25) is 0 Å². The second-order valence-corrected chi connectivity index (χ2v) is 4.64. The molecule has 0 radical (unpaired) electrons. The van der Waals surface area contributed by atoms with Crippen LogP contribution in [0.3, 0.4) is 0 Å². The number of para-hydroxylation sites is 2. The van der Waals surface area contributed by atoms with E-state index in [1.54, 1.807) is 24.3 Å². The van der Waals surface area contributed by atoms with Crippen molar-refractivity contribution in [1.82, 2.24) is 0 Å². The van der Waals surface area contributed by atoms with Crippen LogP contribution in [-0.2, 0) is 0 Å². The molecule has 2 N–H and O–H groups in total. The molecule has 5 heteroatoms. The van der Waals surface area contributed by atoms with Crippen molar-refractivity contribution >= 4 is 17.3 Å². The smallest absolute Gasteiger partial charge is 0.261 e. The molecule has 0 aromatic heterocycles.